The molecule has 2 unspecified atom stereocenters. The monoisotopic (exact) mass is 571 g/mol. The molecule has 1 aromatic heterocycles. The number of hydrogen-bond acceptors (Lipinski definition) is 8. The van der Waals surface area contributed by atoms with E-state index in [0.29, 0.717) is 46.7 Å². The average Bonchev–Trinajstić information content (AvgIpc) is 3.47. The lowest BCUT2D eigenvalue weighted by atomic mass is 10.0. The van der Waals surface area contributed by atoms with Crippen molar-refractivity contribution in [2.45, 2.75) is 32.8 Å². The highest BCUT2D eigenvalue weighted by molar-refractivity contribution is 6.31. The van der Waals surface area contributed by atoms with Crippen LogP contribution in [0.2, 0.25) is 5.02 Å². The molecular weight excluding hydrogens is 537 g/mol. The third-order valence-corrected chi connectivity index (χ3v) is 7.51. The molecule has 0 aliphatic carbocycles. The third-order valence-electron chi connectivity index (χ3n) is 7.22. The molecule has 0 radical (unpaired) electrons. The highest BCUT2D eigenvalue weighted by Gasteiger charge is 2.42. The van der Waals surface area contributed by atoms with Gasteiger partial charge in [0.05, 0.1) is 29.9 Å². The molecule has 5 rings (SSSR count). The number of amides is 1. The Bertz CT molecular complexity index is 1370. The molecule has 0 saturated carbocycles. The molecule has 2 aliphatic rings. The topological polar surface area (TPSA) is 89.1 Å². The van der Waals surface area contributed by atoms with Gasteiger partial charge in [-0.15, -0.1) is 0 Å². The second-order valence-corrected chi connectivity index (χ2v) is 11.7. The minimum atomic E-state index is -0.551. The third kappa shape index (κ3) is 6.33. The fourth-order valence-corrected chi connectivity index (χ4v) is 5.56. The minimum Gasteiger partial charge on any atom is -0.493 e. The molecule has 9 nitrogen and oxygen atoms in total. The van der Waals surface area contributed by atoms with Crippen LogP contribution in [0.25, 0.3) is 10.9 Å². The van der Waals surface area contributed by atoms with E-state index in [4.69, 9.17) is 25.8 Å². The van der Waals surface area contributed by atoms with E-state index < -0.39 is 11.4 Å². The zero-order valence-electron chi connectivity index (χ0n) is 23.2. The fourth-order valence-electron chi connectivity index (χ4n) is 5.38. The van der Waals surface area contributed by atoms with Crippen LogP contribution < -0.4 is 14.8 Å². The maximum atomic E-state index is 14.5. The molecule has 3 aromatic rings. The number of ether oxygens (including phenoxy) is 3. The minimum absolute atomic E-state index is 0.0241. The summed E-state index contributed by atoms with van der Waals surface area (Å²) in [5.41, 5.74) is 0.372. The van der Waals surface area contributed by atoms with E-state index in [-0.39, 0.29) is 16.8 Å². The van der Waals surface area contributed by atoms with E-state index in [0.717, 1.165) is 39.1 Å². The summed E-state index contributed by atoms with van der Waals surface area (Å²) >= 11 is 5.94. The van der Waals surface area contributed by atoms with Gasteiger partial charge in [-0.1, -0.05) is 17.7 Å². The van der Waals surface area contributed by atoms with Gasteiger partial charge in [-0.25, -0.2) is 19.2 Å². The van der Waals surface area contributed by atoms with Crippen molar-refractivity contribution in [3.8, 4) is 11.5 Å². The van der Waals surface area contributed by atoms with Crippen LogP contribution in [0.15, 0.2) is 36.7 Å². The lowest BCUT2D eigenvalue weighted by Gasteiger charge is -2.26. The van der Waals surface area contributed by atoms with Crippen LogP contribution in [-0.4, -0.2) is 77.9 Å². The number of carbonyl (C=O) groups is 1. The van der Waals surface area contributed by atoms with Crippen molar-refractivity contribution in [1.82, 2.24) is 19.8 Å². The smallest absolute Gasteiger partial charge is 0.410 e. The Balaban J connectivity index is 1.17. The van der Waals surface area contributed by atoms with Crippen LogP contribution >= 0.6 is 11.6 Å². The summed E-state index contributed by atoms with van der Waals surface area (Å²) in [6.45, 7) is 10.5. The number of methoxy groups -OCH3 is 1. The molecule has 0 spiro atoms. The summed E-state index contributed by atoms with van der Waals surface area (Å²) in [4.78, 5) is 25.4. The van der Waals surface area contributed by atoms with E-state index in [1.165, 1.54) is 12.4 Å². The Morgan fingerprint density at radius 3 is 2.58 bits per heavy atom. The van der Waals surface area contributed by atoms with Crippen molar-refractivity contribution in [2.24, 2.45) is 11.8 Å². The van der Waals surface area contributed by atoms with Crippen molar-refractivity contribution >= 4 is 40.1 Å². The Morgan fingerprint density at radius 2 is 1.88 bits per heavy atom. The molecule has 1 N–H and O–H groups in total. The second-order valence-electron chi connectivity index (χ2n) is 11.3. The molecule has 214 valence electrons. The second kappa shape index (κ2) is 11.6. The summed E-state index contributed by atoms with van der Waals surface area (Å²) in [5, 5.41) is 3.71. The van der Waals surface area contributed by atoms with Crippen LogP contribution in [-0.2, 0) is 4.74 Å². The Kier molecular flexibility index (Phi) is 8.19. The van der Waals surface area contributed by atoms with Gasteiger partial charge in [-0.3, -0.25) is 0 Å². The molecule has 2 atom stereocenters. The summed E-state index contributed by atoms with van der Waals surface area (Å²) in [7, 11) is 1.58. The van der Waals surface area contributed by atoms with E-state index >= 15 is 0 Å². The van der Waals surface area contributed by atoms with Gasteiger partial charge in [0.1, 0.15) is 17.7 Å². The zero-order valence-corrected chi connectivity index (χ0v) is 24.0. The van der Waals surface area contributed by atoms with Gasteiger partial charge in [0.2, 0.25) is 0 Å². The quantitative estimate of drug-likeness (QED) is 0.342. The highest BCUT2D eigenvalue weighted by Crippen LogP contribution is 2.36. The first kappa shape index (κ1) is 28.2. The van der Waals surface area contributed by atoms with Crippen molar-refractivity contribution < 1.29 is 23.4 Å². The van der Waals surface area contributed by atoms with E-state index in [1.54, 1.807) is 25.3 Å². The van der Waals surface area contributed by atoms with Gasteiger partial charge in [-0.05, 0) is 57.2 Å². The van der Waals surface area contributed by atoms with Crippen LogP contribution in [0.3, 0.4) is 0 Å². The number of aromatic nitrogens is 2. The SMILES string of the molecule is COc1cc2ncnc(Nc3cccc(Cl)c3F)c2cc1OCCCN1CC2CN(C(=O)OC(C)(C)C)CC2C1. The zero-order chi connectivity index (χ0) is 28.4. The summed E-state index contributed by atoms with van der Waals surface area (Å²) in [5.74, 6) is 1.95. The molecule has 11 heteroatoms. The molecule has 2 fully saturated rings. The van der Waals surface area contributed by atoms with Gasteiger partial charge in [0.15, 0.2) is 17.3 Å². The van der Waals surface area contributed by atoms with Crippen molar-refractivity contribution in [3.63, 3.8) is 0 Å². The molecule has 3 heterocycles. The average molecular weight is 572 g/mol. The number of nitrogens with zero attached hydrogens (tertiary/aromatic N) is 4. The lowest BCUT2D eigenvalue weighted by Crippen LogP contribution is -2.37. The van der Waals surface area contributed by atoms with Crippen LogP contribution in [0.1, 0.15) is 27.2 Å². The number of halogens is 2. The van der Waals surface area contributed by atoms with Gasteiger partial charge in [0.25, 0.3) is 0 Å². The van der Waals surface area contributed by atoms with Gasteiger partial charge in [0, 0.05) is 44.2 Å². The fraction of sp³-hybridized carbons (Fsp3) is 0.483. The highest BCUT2D eigenvalue weighted by atomic mass is 35.5. The Hall–Kier alpha value is -3.37. The first-order chi connectivity index (χ1) is 19.1. The van der Waals surface area contributed by atoms with Crippen molar-refractivity contribution in [1.29, 1.82) is 0 Å². The van der Waals surface area contributed by atoms with Crippen LogP contribution in [0.4, 0.5) is 20.7 Å². The summed E-state index contributed by atoms with van der Waals surface area (Å²) < 4.78 is 31.7. The predicted molar refractivity (Wildman–Crippen MR) is 152 cm³/mol. The maximum Gasteiger partial charge on any atom is 0.410 e. The summed E-state index contributed by atoms with van der Waals surface area (Å²) in [6.07, 6.45) is 2.03. The first-order valence-electron chi connectivity index (χ1n) is 13.5. The first-order valence-corrected chi connectivity index (χ1v) is 13.9. The van der Waals surface area contributed by atoms with Crippen LogP contribution in [0.5, 0.6) is 11.5 Å². The number of fused-ring (bicyclic) bond motifs is 2. The Morgan fingerprint density at radius 1 is 1.12 bits per heavy atom. The summed E-state index contributed by atoms with van der Waals surface area (Å²) in [6, 6.07) is 8.34. The number of hydrogen-bond donors (Lipinski definition) is 1. The largest absolute Gasteiger partial charge is 0.493 e. The molecule has 2 saturated heterocycles. The molecule has 40 heavy (non-hydrogen) atoms. The number of carbonyl (C=O) groups excluding carboxylic acids is 1. The molecule has 1 amide bonds. The van der Waals surface area contributed by atoms with Gasteiger partial charge < -0.3 is 29.3 Å². The number of nitrogens with one attached hydrogen (secondary N) is 1. The van der Waals surface area contributed by atoms with Crippen LogP contribution in [0, 0.1) is 17.7 Å². The number of likely N-dealkylation sites (tertiary alicyclic amines) is 2. The van der Waals surface area contributed by atoms with E-state index in [1.807, 2.05) is 31.7 Å². The Labute approximate surface area is 238 Å². The maximum absolute atomic E-state index is 14.5. The molecule has 0 bridgehead atoms. The van der Waals surface area contributed by atoms with Gasteiger partial charge >= 0.3 is 6.09 Å². The normalized spacial score (nSPS) is 19.1. The van der Waals surface area contributed by atoms with Crippen molar-refractivity contribution in [2.75, 3.05) is 51.8 Å². The van der Waals surface area contributed by atoms with E-state index in [2.05, 4.69) is 20.2 Å². The molecule has 2 aliphatic heterocycles. The molecular formula is C29H35ClFN5O4. The number of rotatable bonds is 8. The van der Waals surface area contributed by atoms with E-state index in [9.17, 15) is 9.18 Å². The lowest BCUT2D eigenvalue weighted by molar-refractivity contribution is 0.0274. The predicted octanol–water partition coefficient (Wildman–Crippen LogP) is 5.74. The van der Waals surface area contributed by atoms with Crippen molar-refractivity contribution in [3.05, 3.63) is 47.5 Å². The number of anilines is 2. The number of benzene rings is 2. The molecule has 2 aromatic carbocycles. The van der Waals surface area contributed by atoms with Gasteiger partial charge in [-0.2, -0.15) is 0 Å². The standard InChI is InChI=1S/C29H35ClFN5O4/c1-29(2,3)40-28(37)36-15-18-13-35(14-19(18)16-36)9-6-10-39-25-11-20-23(12-24(25)38-4)32-17-33-27(20)34-22-8-5-7-21(30)26(22)31/h5,7-8,11-12,17-19H,6,9-10,13-16H2,1-4H3,(H,32,33,34).